The predicted molar refractivity (Wildman–Crippen MR) is 149 cm³/mol. The number of benzene rings is 1. The molecular weight excluding hydrogens is 741 g/mol. The highest BCUT2D eigenvalue weighted by Gasteiger charge is 2.47. The van der Waals surface area contributed by atoms with Gasteiger partial charge in [0.05, 0.1) is 33.4 Å². The molecule has 0 unspecified atom stereocenters. The van der Waals surface area contributed by atoms with Gasteiger partial charge in [0.15, 0.2) is 0 Å². The minimum absolute atomic E-state index is 0.838. The summed E-state index contributed by atoms with van der Waals surface area (Å²) in [4.78, 5) is 37.3. The maximum Gasteiger partial charge on any atom is 0.455 e. The fourth-order valence-electron chi connectivity index (χ4n) is 5.88. The third kappa shape index (κ3) is 5.14. The van der Waals surface area contributed by atoms with Crippen LogP contribution in [0.1, 0.15) is 0 Å². The molecule has 0 saturated heterocycles. The lowest BCUT2D eigenvalue weighted by atomic mass is 9.94. The lowest BCUT2D eigenvalue weighted by Gasteiger charge is -2.07. The van der Waals surface area contributed by atoms with Crippen LogP contribution in [0.5, 0.6) is 0 Å². The Kier molecular flexibility index (Phi) is 8.96. The quantitative estimate of drug-likeness (QED) is 0.218. The first kappa shape index (κ1) is 38.3. The molecule has 54 heavy (non-hydrogen) atoms. The van der Waals surface area contributed by atoms with Gasteiger partial charge in [0, 0.05) is 48.0 Å². The normalized spacial score (nSPS) is 14.1. The Labute approximate surface area is 290 Å². The van der Waals surface area contributed by atoms with Crippen LogP contribution in [0.15, 0.2) is 33.4 Å². The van der Waals surface area contributed by atoms with E-state index in [0.717, 1.165) is 18.2 Å². The monoisotopic (exact) mass is 741 g/mol. The Hall–Kier alpha value is -8.55. The lowest BCUT2D eigenvalue weighted by Crippen LogP contribution is -2.65. The highest BCUT2D eigenvalue weighted by atomic mass is 19.4. The van der Waals surface area contributed by atoms with Crippen molar-refractivity contribution < 1.29 is 53.9 Å². The van der Waals surface area contributed by atoms with E-state index in [1.165, 1.54) is 36.4 Å². The smallest absolute Gasteiger partial charge is 0.283 e. The number of carbonyl (C=O) groups is 3. The zero-order valence-corrected chi connectivity index (χ0v) is 25.2. The summed E-state index contributed by atoms with van der Waals surface area (Å²) in [5, 5.41) is 83.6. The first-order valence-electron chi connectivity index (χ1n) is 13.3. The summed E-state index contributed by atoms with van der Waals surface area (Å²) < 4.78 is 123. The SMILES string of the molecule is N#CC(C(=O)C(F)(F)F)=C1C(C#N)=c2c3c(c4c(c2=C1C#N)=C(C#N)C(=C(C#N)C(=O)C(F)(F)F)C=4C#N)=C(C#N)C(=C(C#N)C(=O)C(F)(F)F)C=3C#N. The van der Waals surface area contributed by atoms with Gasteiger partial charge in [0.1, 0.15) is 71.3 Å². The number of hydrogen-bond donors (Lipinski definition) is 0. The van der Waals surface area contributed by atoms with Crippen LogP contribution in [0, 0.1) is 102 Å². The molecule has 1 aromatic carbocycles. The van der Waals surface area contributed by atoms with Gasteiger partial charge in [-0.1, -0.05) is 0 Å². The van der Waals surface area contributed by atoms with E-state index in [1.807, 2.05) is 0 Å². The molecule has 3 aliphatic rings. The van der Waals surface area contributed by atoms with Gasteiger partial charge >= 0.3 is 18.5 Å². The average molecular weight is 741 g/mol. The summed E-state index contributed by atoms with van der Waals surface area (Å²) in [5.74, 6) is -9.05. The summed E-state index contributed by atoms with van der Waals surface area (Å²) in [5.41, 5.74) is -18.9. The molecule has 258 valence electrons. The molecule has 0 amide bonds. The molecule has 12 nitrogen and oxygen atoms in total. The number of alkyl halides is 9. The molecule has 4 rings (SSSR count). The highest BCUT2D eigenvalue weighted by molar-refractivity contribution is 6.17. The van der Waals surface area contributed by atoms with Crippen molar-refractivity contribution in [1.29, 1.82) is 47.4 Å². The molecule has 0 saturated carbocycles. The molecule has 0 heterocycles. The predicted octanol–water partition coefficient (Wildman–Crippen LogP) is -0.372. The van der Waals surface area contributed by atoms with Gasteiger partial charge in [-0.15, -0.1) is 0 Å². The second-order valence-corrected chi connectivity index (χ2v) is 10.2. The maximum atomic E-state index is 13.7. The van der Waals surface area contributed by atoms with Crippen molar-refractivity contribution in [2.45, 2.75) is 18.5 Å². The molecule has 1 aromatic rings. The van der Waals surface area contributed by atoms with E-state index in [1.54, 1.807) is 0 Å². The van der Waals surface area contributed by atoms with E-state index in [2.05, 4.69) is 0 Å². The first-order chi connectivity index (χ1) is 25.1. The van der Waals surface area contributed by atoms with Gasteiger partial charge in [-0.25, -0.2) is 0 Å². The highest BCUT2D eigenvalue weighted by Crippen LogP contribution is 2.34. The number of Topliss-reactive ketones (excluding diaryl/α,β-unsaturated/α-hetero) is 3. The Bertz CT molecular complexity index is 2590. The average Bonchev–Trinajstić information content (AvgIpc) is 3.72. The number of rotatable bonds is 3. The Morgan fingerprint density at radius 3 is 0.574 bits per heavy atom. The third-order valence-electron chi connectivity index (χ3n) is 7.71. The van der Waals surface area contributed by atoms with E-state index < -0.39 is 134 Å². The summed E-state index contributed by atoms with van der Waals surface area (Å²) in [6.45, 7) is 0. The number of nitrogens with zero attached hydrogens (tertiary/aromatic N) is 9. The van der Waals surface area contributed by atoms with E-state index in [4.69, 9.17) is 0 Å². The van der Waals surface area contributed by atoms with Crippen LogP contribution in [0.25, 0.3) is 33.4 Å². The number of allylic oxidation sites excluding steroid dienone is 6. The molecule has 0 atom stereocenters. The minimum atomic E-state index is -5.93. The summed E-state index contributed by atoms with van der Waals surface area (Å²) in [6.07, 6.45) is -17.8. The molecule has 0 radical (unpaired) electrons. The van der Waals surface area contributed by atoms with Gasteiger partial charge in [-0.3, -0.25) is 14.4 Å². The van der Waals surface area contributed by atoms with Gasteiger partial charge in [-0.2, -0.15) is 86.9 Å². The zero-order chi connectivity index (χ0) is 41.0. The number of carbonyl (C=O) groups excluding carboxylic acids is 3. The summed E-state index contributed by atoms with van der Waals surface area (Å²) >= 11 is 0. The molecule has 0 spiro atoms. The van der Waals surface area contributed by atoms with Crippen LogP contribution in [0.4, 0.5) is 39.5 Å². The summed E-state index contributed by atoms with van der Waals surface area (Å²) in [6, 6.07) is 9.97. The van der Waals surface area contributed by atoms with Crippen LogP contribution >= 0.6 is 0 Å². The number of nitriles is 9. The second kappa shape index (κ2) is 12.6. The molecule has 0 bridgehead atoms. The number of fused-ring (bicyclic) bond motifs is 6. The fourth-order valence-corrected chi connectivity index (χ4v) is 5.88. The van der Waals surface area contributed by atoms with Crippen LogP contribution in [-0.4, -0.2) is 35.9 Å². The standard InChI is InChI=1S/C33F9N9O3/c34-31(35,36)28(52)16(7-49)19-10(1-43)22-23(11(19)2-44)25-14(5-47)21(18(9-51)30(54)33(40,41)42)15(6-48)27(25)26-13(4-46)20(12(3-45)24(22)26)17(8-50)29(53)32(37,38)39. The third-order valence-corrected chi connectivity index (χ3v) is 7.71. The summed E-state index contributed by atoms with van der Waals surface area (Å²) in [7, 11) is 0. The number of halogens is 9. The Morgan fingerprint density at radius 1 is 0.333 bits per heavy atom. The van der Waals surface area contributed by atoms with Crippen LogP contribution in [0.2, 0.25) is 0 Å². The molecule has 3 aliphatic carbocycles. The van der Waals surface area contributed by atoms with Crippen molar-refractivity contribution in [3.8, 4) is 54.6 Å². The molecular formula is C33F9N9O3. The zero-order valence-electron chi connectivity index (χ0n) is 25.2. The van der Waals surface area contributed by atoms with Crippen LogP contribution < -0.4 is 31.3 Å². The fraction of sp³-hybridized carbons (Fsp3) is 0.0909. The van der Waals surface area contributed by atoms with Gasteiger partial charge < -0.3 is 0 Å². The Balaban J connectivity index is 2.85. The van der Waals surface area contributed by atoms with Gasteiger partial charge in [-0.05, 0) is 0 Å². The maximum absolute atomic E-state index is 13.7. The molecule has 0 aromatic heterocycles. The number of hydrogen-bond acceptors (Lipinski definition) is 12. The molecule has 0 N–H and O–H groups in total. The lowest BCUT2D eigenvalue weighted by molar-refractivity contribution is -0.166. The van der Waals surface area contributed by atoms with Crippen LogP contribution in [-0.2, 0) is 14.4 Å². The van der Waals surface area contributed by atoms with Crippen molar-refractivity contribution >= 4 is 50.8 Å². The van der Waals surface area contributed by atoms with Gasteiger partial charge in [0.2, 0.25) is 0 Å². The largest absolute Gasteiger partial charge is 0.455 e. The minimum Gasteiger partial charge on any atom is -0.283 e. The molecule has 21 heteroatoms. The van der Waals surface area contributed by atoms with Crippen molar-refractivity contribution in [3.63, 3.8) is 0 Å². The molecule has 0 aliphatic heterocycles. The van der Waals surface area contributed by atoms with E-state index >= 15 is 0 Å². The molecule has 0 fully saturated rings. The van der Waals surface area contributed by atoms with E-state index in [-0.39, 0.29) is 0 Å². The van der Waals surface area contributed by atoms with Crippen molar-refractivity contribution in [3.05, 3.63) is 64.8 Å². The van der Waals surface area contributed by atoms with E-state index in [0.29, 0.717) is 0 Å². The topological polar surface area (TPSA) is 265 Å². The van der Waals surface area contributed by atoms with Crippen LogP contribution in [0.3, 0.4) is 0 Å². The Morgan fingerprint density at radius 2 is 0.481 bits per heavy atom. The second-order valence-electron chi connectivity index (χ2n) is 10.2. The van der Waals surface area contributed by atoms with Gasteiger partial charge in [0.25, 0.3) is 17.3 Å². The van der Waals surface area contributed by atoms with Crippen molar-refractivity contribution in [2.24, 2.45) is 0 Å². The van der Waals surface area contributed by atoms with E-state index in [9.17, 15) is 101 Å². The first-order valence-corrected chi connectivity index (χ1v) is 13.3. The van der Waals surface area contributed by atoms with Crippen molar-refractivity contribution in [2.75, 3.05) is 0 Å². The van der Waals surface area contributed by atoms with Crippen molar-refractivity contribution in [1.82, 2.24) is 0 Å². The number of ketones is 3.